The fraction of sp³-hybridized carbons (Fsp3) is 0.343. The van der Waals surface area contributed by atoms with Crippen molar-refractivity contribution in [2.45, 2.75) is 64.1 Å². The van der Waals surface area contributed by atoms with Crippen LogP contribution in [0.2, 0.25) is 0 Å². The van der Waals surface area contributed by atoms with Crippen LogP contribution >= 0.6 is 0 Å². The van der Waals surface area contributed by atoms with Crippen LogP contribution in [0.4, 0.5) is 11.6 Å². The minimum Gasteiger partial charge on any atom is -0.480 e. The number of amides is 2. The highest BCUT2D eigenvalue weighted by Gasteiger charge is 2.22. The maximum absolute atomic E-state index is 12.8. The molecule has 0 saturated carbocycles. The number of aromatic nitrogens is 3. The van der Waals surface area contributed by atoms with Gasteiger partial charge in [0.1, 0.15) is 11.8 Å². The molecule has 0 radical (unpaired) electrons. The van der Waals surface area contributed by atoms with E-state index >= 15 is 0 Å². The molecule has 4 aromatic rings. The van der Waals surface area contributed by atoms with Gasteiger partial charge in [0.2, 0.25) is 11.9 Å². The molecule has 2 aromatic heterocycles. The Morgan fingerprint density at radius 1 is 0.959 bits per heavy atom. The van der Waals surface area contributed by atoms with E-state index in [0.717, 1.165) is 17.5 Å². The molecule has 2 atom stereocenters. The Morgan fingerprint density at radius 2 is 1.71 bits per heavy atom. The van der Waals surface area contributed by atoms with Crippen molar-refractivity contribution in [3.8, 4) is 0 Å². The molecule has 49 heavy (non-hydrogen) atoms. The van der Waals surface area contributed by atoms with E-state index in [-0.39, 0.29) is 72.7 Å². The molecule has 0 spiro atoms. The lowest BCUT2D eigenvalue weighted by molar-refractivity contribution is -0.139. The van der Waals surface area contributed by atoms with Crippen LogP contribution in [0.25, 0.3) is 11.0 Å². The second-order valence-electron chi connectivity index (χ2n) is 11.7. The number of pyridine rings is 1. The Morgan fingerprint density at radius 3 is 2.45 bits per heavy atom. The summed E-state index contributed by atoms with van der Waals surface area (Å²) < 4.78 is 5.50. The number of hydrogen-bond donors (Lipinski definition) is 6. The first-order valence-electron chi connectivity index (χ1n) is 16.0. The smallest absolute Gasteiger partial charge is 0.326 e. The van der Waals surface area contributed by atoms with Crippen LogP contribution in [0.3, 0.4) is 0 Å². The lowest BCUT2D eigenvalue weighted by atomic mass is 10.1. The van der Waals surface area contributed by atoms with Gasteiger partial charge in [-0.3, -0.25) is 24.2 Å². The number of anilines is 2. The van der Waals surface area contributed by atoms with Crippen LogP contribution in [-0.2, 0) is 32.1 Å². The minimum atomic E-state index is -1.24. The van der Waals surface area contributed by atoms with E-state index in [9.17, 15) is 29.1 Å². The molecule has 7 N–H and O–H groups in total. The monoisotopic (exact) mass is 671 g/mol. The fourth-order valence-electron chi connectivity index (χ4n) is 5.06. The number of aliphatic carboxylic acids is 1. The van der Waals surface area contributed by atoms with Crippen molar-refractivity contribution in [2.75, 3.05) is 24.3 Å². The average molecular weight is 672 g/mol. The number of Topliss-reactive ketones (excluding diaryl/α,β-unsaturated/α-hetero) is 1. The van der Waals surface area contributed by atoms with Gasteiger partial charge in [0, 0.05) is 55.9 Å². The third-order valence-electron chi connectivity index (χ3n) is 7.60. The number of carbonyl (C=O) groups is 4. The molecule has 0 aliphatic carbocycles. The molecule has 0 aliphatic rings. The van der Waals surface area contributed by atoms with Crippen molar-refractivity contribution in [3.63, 3.8) is 0 Å². The number of carboxylic acid groups (broad SMARTS) is 1. The summed E-state index contributed by atoms with van der Waals surface area (Å²) in [6.45, 7) is 2.82. The van der Waals surface area contributed by atoms with Crippen molar-refractivity contribution >= 4 is 46.2 Å². The number of nitrogens with two attached hydrogens (primary N) is 1. The number of ether oxygens (including phenoxy) is 1. The van der Waals surface area contributed by atoms with E-state index in [0.29, 0.717) is 30.6 Å². The van der Waals surface area contributed by atoms with Crippen molar-refractivity contribution in [2.24, 2.45) is 0 Å². The number of nitrogen functional groups attached to an aromatic ring is 1. The third kappa shape index (κ3) is 11.8. The molecule has 258 valence electrons. The van der Waals surface area contributed by atoms with Crippen LogP contribution in [-0.4, -0.2) is 68.9 Å². The number of rotatable bonds is 19. The first-order valence-corrected chi connectivity index (χ1v) is 16.0. The van der Waals surface area contributed by atoms with Crippen molar-refractivity contribution in [3.05, 3.63) is 93.9 Å². The molecule has 14 nitrogen and oxygen atoms in total. The van der Waals surface area contributed by atoms with Gasteiger partial charge in [0.05, 0.1) is 12.0 Å². The Labute approximate surface area is 282 Å². The Kier molecular flexibility index (Phi) is 13.3. The summed E-state index contributed by atoms with van der Waals surface area (Å²) in [5.74, 6) is -2.07. The van der Waals surface area contributed by atoms with Gasteiger partial charge in [-0.05, 0) is 67.6 Å². The predicted molar refractivity (Wildman–Crippen MR) is 184 cm³/mol. The number of aromatic amines is 1. The molecule has 14 heteroatoms. The van der Waals surface area contributed by atoms with Crippen LogP contribution < -0.4 is 27.2 Å². The Hall–Kier alpha value is -5.63. The van der Waals surface area contributed by atoms with Crippen molar-refractivity contribution < 1.29 is 29.0 Å². The molecule has 0 fully saturated rings. The number of nitrogens with zero attached hydrogens (tertiary/aromatic N) is 2. The highest BCUT2D eigenvalue weighted by atomic mass is 16.5. The van der Waals surface area contributed by atoms with Crippen LogP contribution in [0.5, 0.6) is 0 Å². The molecule has 4 rings (SSSR count). The average Bonchev–Trinajstić information content (AvgIpc) is 3.07. The van der Waals surface area contributed by atoms with Gasteiger partial charge < -0.3 is 31.5 Å². The summed E-state index contributed by atoms with van der Waals surface area (Å²) in [7, 11) is 0. The molecule has 0 saturated heterocycles. The van der Waals surface area contributed by atoms with Gasteiger partial charge in [-0.2, -0.15) is 4.98 Å². The third-order valence-corrected chi connectivity index (χ3v) is 7.60. The van der Waals surface area contributed by atoms with E-state index in [2.05, 4.69) is 30.9 Å². The zero-order chi connectivity index (χ0) is 35.2. The van der Waals surface area contributed by atoms with Crippen molar-refractivity contribution in [1.29, 1.82) is 0 Å². The Balaban J connectivity index is 1.11. The number of ketones is 1. The molecule has 0 bridgehead atoms. The molecule has 2 heterocycles. The van der Waals surface area contributed by atoms with Gasteiger partial charge in [-0.25, -0.2) is 9.78 Å². The van der Waals surface area contributed by atoms with E-state index in [1.165, 1.54) is 0 Å². The fourth-order valence-corrected chi connectivity index (χ4v) is 5.06. The highest BCUT2D eigenvalue weighted by molar-refractivity contribution is 5.97. The maximum atomic E-state index is 12.8. The SMILES string of the molecule is CC(Cc1ccccc1)NC(=O)CCOCCCC(=O)CC[C@H](NC(=O)c1ccc(NCc2cnc3nc(N)[nH]c(=O)c3c2)cc1)C(=O)O. The number of fused-ring (bicyclic) bond motifs is 1. The second-order valence-corrected chi connectivity index (χ2v) is 11.7. The summed E-state index contributed by atoms with van der Waals surface area (Å²) >= 11 is 0. The highest BCUT2D eigenvalue weighted by Crippen LogP contribution is 2.14. The van der Waals surface area contributed by atoms with E-state index in [4.69, 9.17) is 10.5 Å². The van der Waals surface area contributed by atoms with Crippen LogP contribution in [0.1, 0.15) is 60.5 Å². The number of benzene rings is 2. The standard InChI is InChI=1S/C35H41N7O7/c1-22(18-23-6-3-2-4-7-23)39-30(44)15-17-49-16-5-8-27(43)13-14-29(34(47)48)40-32(45)25-9-11-26(12-10-25)37-20-24-19-28-31(38-21-24)41-35(36)42-33(28)46/h2-4,6-7,9-12,19,21-22,29,37H,5,8,13-18,20H2,1H3,(H,39,44)(H,40,45)(H,47,48)(H3,36,38,41,42,46)/t22?,29-/m0/s1. The molecule has 1 unspecified atom stereocenters. The van der Waals surface area contributed by atoms with Gasteiger partial charge in [-0.15, -0.1) is 0 Å². The number of H-pyrrole nitrogens is 1. The topological polar surface area (TPSA) is 218 Å². The van der Waals surface area contributed by atoms with Gasteiger partial charge >= 0.3 is 5.97 Å². The van der Waals surface area contributed by atoms with Gasteiger partial charge in [-0.1, -0.05) is 30.3 Å². The molecule has 2 aromatic carbocycles. The zero-order valence-corrected chi connectivity index (χ0v) is 27.2. The first-order chi connectivity index (χ1) is 23.6. The van der Waals surface area contributed by atoms with E-state index in [1.54, 1.807) is 36.5 Å². The number of carbonyl (C=O) groups excluding carboxylic acids is 3. The van der Waals surface area contributed by atoms with E-state index in [1.807, 2.05) is 37.3 Å². The summed E-state index contributed by atoms with van der Waals surface area (Å²) in [4.78, 5) is 71.8. The number of nitrogens with one attached hydrogen (secondary N) is 4. The second kappa shape index (κ2) is 18.1. The summed E-state index contributed by atoms with van der Waals surface area (Å²) in [5.41, 5.74) is 8.21. The maximum Gasteiger partial charge on any atom is 0.326 e. The minimum absolute atomic E-state index is 0.00375. The van der Waals surface area contributed by atoms with E-state index < -0.39 is 17.9 Å². The van der Waals surface area contributed by atoms with Crippen molar-refractivity contribution in [1.82, 2.24) is 25.6 Å². The quantitative estimate of drug-likeness (QED) is 0.0796. The largest absolute Gasteiger partial charge is 0.480 e. The van der Waals surface area contributed by atoms with Crippen LogP contribution in [0.15, 0.2) is 71.7 Å². The summed E-state index contributed by atoms with van der Waals surface area (Å²) in [6.07, 6.45) is 3.11. The lowest BCUT2D eigenvalue weighted by Gasteiger charge is -2.15. The van der Waals surface area contributed by atoms with Gasteiger partial charge in [0.25, 0.3) is 11.5 Å². The lowest BCUT2D eigenvalue weighted by Crippen LogP contribution is -2.41. The zero-order valence-electron chi connectivity index (χ0n) is 27.2. The summed E-state index contributed by atoms with van der Waals surface area (Å²) in [5, 5.41) is 18.5. The van der Waals surface area contributed by atoms with Gasteiger partial charge in [0.15, 0.2) is 5.65 Å². The number of carboxylic acids is 1. The number of hydrogen-bond acceptors (Lipinski definition) is 10. The predicted octanol–water partition coefficient (Wildman–Crippen LogP) is 2.98. The first kappa shape index (κ1) is 36.2. The summed E-state index contributed by atoms with van der Waals surface area (Å²) in [6, 6.07) is 16.7. The molecule has 2 amide bonds. The molecular weight excluding hydrogens is 630 g/mol. The molecule has 0 aliphatic heterocycles. The molecular formula is C35H41N7O7. The van der Waals surface area contributed by atoms with Crippen LogP contribution in [0, 0.1) is 0 Å². The Bertz CT molecular complexity index is 1800. The normalized spacial score (nSPS) is 12.2.